The number of rotatable bonds is 7. The van der Waals surface area contributed by atoms with E-state index in [1.807, 2.05) is 14.0 Å². The second kappa shape index (κ2) is 6.80. The third-order valence-corrected chi connectivity index (χ3v) is 2.82. The van der Waals surface area contributed by atoms with Gasteiger partial charge in [-0.2, -0.15) is 0 Å². The molecule has 0 aromatic carbocycles. The van der Waals surface area contributed by atoms with Gasteiger partial charge in [-0.25, -0.2) is 15.0 Å². The number of imidazole rings is 1. The molecule has 0 saturated heterocycles. The van der Waals surface area contributed by atoms with Crippen molar-refractivity contribution in [1.29, 1.82) is 0 Å². The minimum Gasteiger partial charge on any atom is -0.353 e. The van der Waals surface area contributed by atoms with Crippen LogP contribution in [0.1, 0.15) is 6.92 Å². The molecule has 2 aromatic heterocycles. The highest BCUT2D eigenvalue weighted by atomic mass is 16.2. The van der Waals surface area contributed by atoms with Crippen LogP contribution >= 0.6 is 0 Å². The van der Waals surface area contributed by atoms with Gasteiger partial charge >= 0.3 is 0 Å². The zero-order chi connectivity index (χ0) is 14.4. The Labute approximate surface area is 117 Å². The lowest BCUT2D eigenvalue weighted by Gasteiger charge is -2.17. The van der Waals surface area contributed by atoms with Crippen LogP contribution in [-0.4, -0.2) is 59.1 Å². The molecule has 2 heterocycles. The second-order valence-corrected chi connectivity index (χ2v) is 4.36. The molecule has 0 fully saturated rings. The molecule has 0 radical (unpaired) electrons. The number of hydrogen-bond donors (Lipinski definition) is 3. The lowest BCUT2D eigenvalue weighted by Crippen LogP contribution is -2.38. The zero-order valence-electron chi connectivity index (χ0n) is 11.7. The Morgan fingerprint density at radius 1 is 1.35 bits per heavy atom. The van der Waals surface area contributed by atoms with E-state index in [0.29, 0.717) is 18.0 Å². The van der Waals surface area contributed by atoms with Gasteiger partial charge in [-0.1, -0.05) is 6.92 Å². The van der Waals surface area contributed by atoms with Crippen molar-refractivity contribution < 1.29 is 4.79 Å². The minimum absolute atomic E-state index is 0.0447. The Morgan fingerprint density at radius 2 is 2.20 bits per heavy atom. The number of hydrogen-bond acceptors (Lipinski definition) is 6. The summed E-state index contributed by atoms with van der Waals surface area (Å²) in [6.07, 6.45) is 3.01. The van der Waals surface area contributed by atoms with Gasteiger partial charge in [0.1, 0.15) is 11.8 Å². The molecule has 0 aliphatic rings. The lowest BCUT2D eigenvalue weighted by molar-refractivity contribution is -0.119. The first-order valence-electron chi connectivity index (χ1n) is 6.55. The van der Waals surface area contributed by atoms with E-state index in [1.165, 1.54) is 6.33 Å². The first-order valence-corrected chi connectivity index (χ1v) is 6.55. The van der Waals surface area contributed by atoms with Gasteiger partial charge < -0.3 is 20.5 Å². The predicted molar refractivity (Wildman–Crippen MR) is 76.5 cm³/mol. The molecule has 2 rings (SSSR count). The minimum atomic E-state index is -0.0447. The average Bonchev–Trinajstić information content (AvgIpc) is 2.91. The number of aromatic nitrogens is 4. The molecular formula is C12H19N7O. The monoisotopic (exact) mass is 277 g/mol. The number of anilines is 1. The van der Waals surface area contributed by atoms with Crippen LogP contribution in [0, 0.1) is 0 Å². The summed E-state index contributed by atoms with van der Waals surface area (Å²) in [4.78, 5) is 28.9. The van der Waals surface area contributed by atoms with Crippen LogP contribution in [0.25, 0.3) is 11.2 Å². The molecular weight excluding hydrogens is 258 g/mol. The van der Waals surface area contributed by atoms with Gasteiger partial charge in [0.25, 0.3) is 0 Å². The van der Waals surface area contributed by atoms with Gasteiger partial charge in [-0.15, -0.1) is 0 Å². The van der Waals surface area contributed by atoms with Crippen LogP contribution in [0.3, 0.4) is 0 Å². The molecule has 20 heavy (non-hydrogen) atoms. The third kappa shape index (κ3) is 3.41. The Bertz CT molecular complexity index is 568. The van der Waals surface area contributed by atoms with Crippen molar-refractivity contribution in [2.75, 3.05) is 38.1 Å². The van der Waals surface area contributed by atoms with Crippen LogP contribution in [0.5, 0.6) is 0 Å². The summed E-state index contributed by atoms with van der Waals surface area (Å²) in [6, 6.07) is 0. The number of fused-ring (bicyclic) bond motifs is 1. The number of amides is 1. The third-order valence-electron chi connectivity index (χ3n) is 2.82. The topological polar surface area (TPSA) is 98.8 Å². The van der Waals surface area contributed by atoms with Gasteiger partial charge in [-0.05, 0) is 6.54 Å². The molecule has 0 atom stereocenters. The van der Waals surface area contributed by atoms with Gasteiger partial charge in [0.05, 0.1) is 12.9 Å². The highest BCUT2D eigenvalue weighted by Crippen LogP contribution is 2.17. The number of nitrogens with one attached hydrogen (secondary N) is 3. The van der Waals surface area contributed by atoms with E-state index in [2.05, 4.69) is 30.6 Å². The lowest BCUT2D eigenvalue weighted by atomic mass is 10.4. The Balaban J connectivity index is 1.92. The molecule has 108 valence electrons. The Morgan fingerprint density at radius 3 is 3.00 bits per heavy atom. The maximum atomic E-state index is 11.8. The van der Waals surface area contributed by atoms with Crippen LogP contribution in [0.4, 0.5) is 5.82 Å². The normalized spacial score (nSPS) is 10.7. The number of carbonyl (C=O) groups is 1. The van der Waals surface area contributed by atoms with Crippen LogP contribution < -0.4 is 15.5 Å². The maximum absolute atomic E-state index is 11.8. The fourth-order valence-corrected chi connectivity index (χ4v) is 1.85. The first kappa shape index (κ1) is 14.2. The van der Waals surface area contributed by atoms with Crippen LogP contribution in [0.2, 0.25) is 0 Å². The molecule has 8 heteroatoms. The van der Waals surface area contributed by atoms with Crippen molar-refractivity contribution >= 4 is 22.9 Å². The molecule has 0 aliphatic heterocycles. The Hall–Kier alpha value is -2.22. The Kier molecular flexibility index (Phi) is 4.83. The van der Waals surface area contributed by atoms with Crippen molar-refractivity contribution in [1.82, 2.24) is 30.6 Å². The maximum Gasteiger partial charge on any atom is 0.239 e. The van der Waals surface area contributed by atoms with E-state index in [1.54, 1.807) is 11.2 Å². The largest absolute Gasteiger partial charge is 0.353 e. The molecule has 0 saturated carbocycles. The molecule has 8 nitrogen and oxygen atoms in total. The number of H-pyrrole nitrogens is 1. The van der Waals surface area contributed by atoms with Crippen LogP contribution in [0.15, 0.2) is 12.7 Å². The van der Waals surface area contributed by atoms with Crippen molar-refractivity contribution in [2.24, 2.45) is 0 Å². The predicted octanol–water partition coefficient (Wildman–Crippen LogP) is -0.485. The van der Waals surface area contributed by atoms with Crippen molar-refractivity contribution in [3.63, 3.8) is 0 Å². The summed E-state index contributed by atoms with van der Waals surface area (Å²) in [5, 5.41) is 5.99. The standard InChI is InChI=1S/C12H19N7O/c1-3-13-4-5-14-9(20)6-19(2)12-10-11(16-7-15-10)17-8-18-12/h7-8,13H,3-6H2,1-2H3,(H,14,20)(H,15,16,17,18). The molecule has 1 amide bonds. The number of likely N-dealkylation sites (N-methyl/N-ethyl adjacent to an activating group) is 2. The highest BCUT2D eigenvalue weighted by Gasteiger charge is 2.13. The summed E-state index contributed by atoms with van der Waals surface area (Å²) < 4.78 is 0. The zero-order valence-corrected chi connectivity index (χ0v) is 11.7. The SMILES string of the molecule is CCNCCNC(=O)CN(C)c1ncnc2nc[nH]c12. The first-order chi connectivity index (χ1) is 9.72. The summed E-state index contributed by atoms with van der Waals surface area (Å²) in [5.74, 6) is 0.617. The number of carbonyl (C=O) groups excluding carboxylic acids is 1. The average molecular weight is 277 g/mol. The van der Waals surface area contributed by atoms with E-state index in [0.717, 1.165) is 18.6 Å². The summed E-state index contributed by atoms with van der Waals surface area (Å²) in [6.45, 7) is 4.54. The fraction of sp³-hybridized carbons (Fsp3) is 0.500. The second-order valence-electron chi connectivity index (χ2n) is 4.36. The number of nitrogens with zero attached hydrogens (tertiary/aromatic N) is 4. The summed E-state index contributed by atoms with van der Waals surface area (Å²) >= 11 is 0. The summed E-state index contributed by atoms with van der Waals surface area (Å²) in [5.41, 5.74) is 1.32. The molecule has 3 N–H and O–H groups in total. The van der Waals surface area contributed by atoms with Gasteiger partial charge in [0, 0.05) is 20.1 Å². The quantitative estimate of drug-likeness (QED) is 0.591. The van der Waals surface area contributed by atoms with Crippen LogP contribution in [-0.2, 0) is 4.79 Å². The molecule has 2 aromatic rings. The van der Waals surface area contributed by atoms with Gasteiger partial charge in [-0.3, -0.25) is 4.79 Å². The highest BCUT2D eigenvalue weighted by molar-refractivity contribution is 5.86. The van der Waals surface area contributed by atoms with E-state index in [9.17, 15) is 4.79 Å². The molecule has 0 aliphatic carbocycles. The van der Waals surface area contributed by atoms with Crippen molar-refractivity contribution in [3.05, 3.63) is 12.7 Å². The van der Waals surface area contributed by atoms with E-state index >= 15 is 0 Å². The fourth-order valence-electron chi connectivity index (χ4n) is 1.85. The van der Waals surface area contributed by atoms with E-state index in [4.69, 9.17) is 0 Å². The molecule has 0 unspecified atom stereocenters. The van der Waals surface area contributed by atoms with E-state index < -0.39 is 0 Å². The van der Waals surface area contributed by atoms with Crippen molar-refractivity contribution in [2.45, 2.75) is 6.92 Å². The van der Waals surface area contributed by atoms with Gasteiger partial charge in [0.2, 0.25) is 5.91 Å². The molecule has 0 spiro atoms. The summed E-state index contributed by atoms with van der Waals surface area (Å²) in [7, 11) is 1.81. The smallest absolute Gasteiger partial charge is 0.239 e. The van der Waals surface area contributed by atoms with Crippen molar-refractivity contribution in [3.8, 4) is 0 Å². The number of aromatic amines is 1. The van der Waals surface area contributed by atoms with Gasteiger partial charge in [0.15, 0.2) is 11.5 Å². The van der Waals surface area contributed by atoms with E-state index in [-0.39, 0.29) is 12.5 Å². The molecule has 0 bridgehead atoms.